The van der Waals surface area contributed by atoms with Crippen molar-refractivity contribution in [3.63, 3.8) is 0 Å². The van der Waals surface area contributed by atoms with E-state index in [0.29, 0.717) is 43.1 Å². The maximum atomic E-state index is 13.2. The van der Waals surface area contributed by atoms with Crippen molar-refractivity contribution in [3.8, 4) is 0 Å². The third kappa shape index (κ3) is 4.21. The van der Waals surface area contributed by atoms with Gasteiger partial charge in [-0.25, -0.2) is 4.79 Å². The van der Waals surface area contributed by atoms with Gasteiger partial charge in [0.1, 0.15) is 11.5 Å². The van der Waals surface area contributed by atoms with Crippen LogP contribution in [0.25, 0.3) is 5.76 Å². The van der Waals surface area contributed by atoms with Crippen LogP contribution in [0, 0.1) is 13.8 Å². The van der Waals surface area contributed by atoms with E-state index in [1.165, 1.54) is 23.3 Å². The highest BCUT2D eigenvalue weighted by Gasteiger charge is 2.47. The lowest BCUT2D eigenvalue weighted by molar-refractivity contribution is -0.140. The highest BCUT2D eigenvalue weighted by molar-refractivity contribution is 7.10. The van der Waals surface area contributed by atoms with Crippen LogP contribution in [-0.4, -0.2) is 84.1 Å². The van der Waals surface area contributed by atoms with E-state index < -0.39 is 23.7 Å². The van der Waals surface area contributed by atoms with Crippen molar-refractivity contribution in [3.05, 3.63) is 50.5 Å². The summed E-state index contributed by atoms with van der Waals surface area (Å²) >= 11 is 1.42. The summed E-state index contributed by atoms with van der Waals surface area (Å²) in [6.45, 7) is 7.14. The molecular formula is C23H27N3O6S. The average Bonchev–Trinajstić information content (AvgIpc) is 3.51. The number of morpholine rings is 1. The average molecular weight is 474 g/mol. The lowest BCUT2D eigenvalue weighted by Crippen LogP contribution is -2.42. The summed E-state index contributed by atoms with van der Waals surface area (Å²) < 4.78 is 10.2. The number of hydrogen-bond acceptors (Lipinski definition) is 8. The van der Waals surface area contributed by atoms with E-state index in [2.05, 4.69) is 9.88 Å². The number of likely N-dealkylation sites (tertiary alicyclic amines) is 1. The first-order chi connectivity index (χ1) is 15.8. The Labute approximate surface area is 195 Å². The van der Waals surface area contributed by atoms with Gasteiger partial charge in [0.2, 0.25) is 0 Å². The van der Waals surface area contributed by atoms with Crippen LogP contribution < -0.4 is 0 Å². The zero-order chi connectivity index (χ0) is 23.7. The first kappa shape index (κ1) is 23.2. The summed E-state index contributed by atoms with van der Waals surface area (Å²) in [5.74, 6) is -2.23. The van der Waals surface area contributed by atoms with E-state index in [9.17, 15) is 19.5 Å². The summed E-state index contributed by atoms with van der Waals surface area (Å²) in [5, 5.41) is 13.2. The monoisotopic (exact) mass is 473 g/mol. The number of rotatable bonds is 6. The first-order valence-electron chi connectivity index (χ1n) is 10.7. The third-order valence-electron chi connectivity index (χ3n) is 6.18. The van der Waals surface area contributed by atoms with E-state index >= 15 is 0 Å². The van der Waals surface area contributed by atoms with Crippen molar-refractivity contribution in [2.45, 2.75) is 19.9 Å². The number of aromatic amines is 1. The molecule has 0 aromatic carbocycles. The predicted octanol–water partition coefficient (Wildman–Crippen LogP) is 2.23. The number of methoxy groups -OCH3 is 1. The van der Waals surface area contributed by atoms with Gasteiger partial charge in [0.15, 0.2) is 0 Å². The van der Waals surface area contributed by atoms with Crippen molar-refractivity contribution in [2.75, 3.05) is 46.5 Å². The van der Waals surface area contributed by atoms with Crippen molar-refractivity contribution < 1.29 is 29.0 Å². The zero-order valence-corrected chi connectivity index (χ0v) is 19.7. The summed E-state index contributed by atoms with van der Waals surface area (Å²) in [6, 6.07) is 3.01. The van der Waals surface area contributed by atoms with Gasteiger partial charge in [-0.1, -0.05) is 6.07 Å². The molecule has 0 spiro atoms. The number of ether oxygens (including phenoxy) is 2. The fourth-order valence-electron chi connectivity index (χ4n) is 4.47. The molecule has 2 fully saturated rings. The van der Waals surface area contributed by atoms with E-state index in [-0.39, 0.29) is 17.0 Å². The van der Waals surface area contributed by atoms with Crippen molar-refractivity contribution in [2.24, 2.45) is 0 Å². The van der Waals surface area contributed by atoms with Gasteiger partial charge in [-0.3, -0.25) is 14.5 Å². The molecule has 1 amide bonds. The maximum Gasteiger partial charge on any atom is 0.354 e. The third-order valence-corrected chi connectivity index (χ3v) is 7.10. The standard InChI is InChI=1S/C23H27N3O6S/c1-13-16(14(2)24-18(13)23(30)31-3)20(27)17-19(15-5-4-12-33-15)26(22(29)21(17)28)7-6-25-8-10-32-11-9-25/h4-5,12,19,24,27H,6-11H2,1-3H3/t19-/m1/s1. The number of aromatic nitrogens is 1. The molecule has 9 nitrogen and oxygen atoms in total. The van der Waals surface area contributed by atoms with Gasteiger partial charge < -0.3 is 24.5 Å². The fourth-order valence-corrected chi connectivity index (χ4v) is 5.32. The Hall–Kier alpha value is -2.95. The molecule has 0 aliphatic carbocycles. The van der Waals surface area contributed by atoms with Crippen molar-refractivity contribution in [1.29, 1.82) is 0 Å². The molecule has 0 saturated carbocycles. The number of nitrogens with one attached hydrogen (secondary N) is 1. The number of H-pyrrole nitrogens is 1. The summed E-state index contributed by atoms with van der Waals surface area (Å²) in [4.78, 5) is 45.8. The summed E-state index contributed by atoms with van der Waals surface area (Å²) in [6.07, 6.45) is 0. The molecule has 0 radical (unpaired) electrons. The summed E-state index contributed by atoms with van der Waals surface area (Å²) in [5.41, 5.74) is 1.54. The quantitative estimate of drug-likeness (QED) is 0.286. The van der Waals surface area contributed by atoms with Gasteiger partial charge in [-0.05, 0) is 30.9 Å². The van der Waals surface area contributed by atoms with Crippen LogP contribution in [0.5, 0.6) is 0 Å². The first-order valence-corrected chi connectivity index (χ1v) is 11.6. The molecule has 2 aliphatic heterocycles. The molecule has 2 N–H and O–H groups in total. The SMILES string of the molecule is COC(=O)c1[nH]c(C)c(C(O)=C2C(=O)C(=O)N(CCN3CCOCC3)[C@@H]2c2cccs2)c1C. The van der Waals surface area contributed by atoms with Crippen LogP contribution in [-0.2, 0) is 19.1 Å². The van der Waals surface area contributed by atoms with E-state index in [1.807, 2.05) is 17.5 Å². The normalized spacial score (nSPS) is 21.1. The molecule has 2 aromatic heterocycles. The Balaban J connectivity index is 1.75. The molecule has 0 unspecified atom stereocenters. The summed E-state index contributed by atoms with van der Waals surface area (Å²) in [7, 11) is 1.27. The van der Waals surface area contributed by atoms with Gasteiger partial charge in [0, 0.05) is 42.3 Å². The predicted molar refractivity (Wildman–Crippen MR) is 122 cm³/mol. The van der Waals surface area contributed by atoms with Crippen LogP contribution in [0.3, 0.4) is 0 Å². The number of nitrogens with zero attached hydrogens (tertiary/aromatic N) is 2. The van der Waals surface area contributed by atoms with Gasteiger partial charge in [0.25, 0.3) is 11.7 Å². The minimum Gasteiger partial charge on any atom is -0.507 e. The number of carbonyl (C=O) groups is 3. The van der Waals surface area contributed by atoms with Gasteiger partial charge >= 0.3 is 5.97 Å². The zero-order valence-electron chi connectivity index (χ0n) is 18.8. The minimum atomic E-state index is -0.729. The van der Waals surface area contributed by atoms with E-state index in [4.69, 9.17) is 9.47 Å². The molecule has 2 aliphatic rings. The van der Waals surface area contributed by atoms with Crippen LogP contribution >= 0.6 is 11.3 Å². The number of aliphatic hydroxyl groups is 1. The highest BCUT2D eigenvalue weighted by Crippen LogP contribution is 2.42. The Kier molecular flexibility index (Phi) is 6.68. The second-order valence-electron chi connectivity index (χ2n) is 8.08. The van der Waals surface area contributed by atoms with Crippen LogP contribution in [0.1, 0.15) is 38.2 Å². The Morgan fingerprint density at radius 3 is 2.64 bits per heavy atom. The van der Waals surface area contributed by atoms with Crippen LogP contribution in [0.4, 0.5) is 0 Å². The smallest absolute Gasteiger partial charge is 0.354 e. The molecule has 0 bridgehead atoms. The fraction of sp³-hybridized carbons (Fsp3) is 0.435. The molecular weight excluding hydrogens is 446 g/mol. The maximum absolute atomic E-state index is 13.2. The number of Topliss-reactive ketones (excluding diaryl/α,β-unsaturated/α-hetero) is 1. The molecule has 1 atom stereocenters. The number of ketones is 1. The minimum absolute atomic E-state index is 0.0334. The highest BCUT2D eigenvalue weighted by atomic mass is 32.1. The number of esters is 1. The molecule has 176 valence electrons. The van der Waals surface area contributed by atoms with Crippen LogP contribution in [0.15, 0.2) is 23.1 Å². The second-order valence-corrected chi connectivity index (χ2v) is 9.06. The number of thiophene rings is 1. The Bertz CT molecular complexity index is 1100. The van der Waals surface area contributed by atoms with Crippen molar-refractivity contribution in [1.82, 2.24) is 14.8 Å². The number of amides is 1. The lowest BCUT2D eigenvalue weighted by atomic mass is 9.97. The molecule has 4 rings (SSSR count). The second kappa shape index (κ2) is 9.50. The van der Waals surface area contributed by atoms with Crippen LogP contribution in [0.2, 0.25) is 0 Å². The van der Waals surface area contributed by atoms with E-state index in [0.717, 1.165) is 18.0 Å². The molecule has 33 heavy (non-hydrogen) atoms. The van der Waals surface area contributed by atoms with Gasteiger partial charge in [0.05, 0.1) is 31.9 Å². The van der Waals surface area contributed by atoms with E-state index in [1.54, 1.807) is 13.8 Å². The Morgan fingerprint density at radius 1 is 1.27 bits per heavy atom. The van der Waals surface area contributed by atoms with Crippen molar-refractivity contribution >= 4 is 34.8 Å². The number of aryl methyl sites for hydroxylation is 1. The molecule has 10 heteroatoms. The Morgan fingerprint density at radius 2 is 2.00 bits per heavy atom. The molecule has 4 heterocycles. The van der Waals surface area contributed by atoms with Gasteiger partial charge in [-0.2, -0.15) is 0 Å². The lowest BCUT2D eigenvalue weighted by Gasteiger charge is -2.30. The number of hydrogen-bond donors (Lipinski definition) is 2. The molecule has 2 aromatic rings. The largest absolute Gasteiger partial charge is 0.507 e. The topological polar surface area (TPSA) is 112 Å². The number of aliphatic hydroxyl groups excluding tert-OH is 1. The van der Waals surface area contributed by atoms with Gasteiger partial charge in [-0.15, -0.1) is 11.3 Å². The molecule has 2 saturated heterocycles. The number of carbonyl (C=O) groups excluding carboxylic acids is 3.